The predicted octanol–water partition coefficient (Wildman–Crippen LogP) is 3.14. The van der Waals surface area contributed by atoms with Gasteiger partial charge in [0.1, 0.15) is 16.9 Å². The highest BCUT2D eigenvalue weighted by Crippen LogP contribution is 2.19. The van der Waals surface area contributed by atoms with Crippen LogP contribution in [-0.4, -0.2) is 19.5 Å². The second kappa shape index (κ2) is 7.48. The van der Waals surface area contributed by atoms with Gasteiger partial charge in [-0.1, -0.05) is 23.4 Å². The van der Waals surface area contributed by atoms with Crippen molar-refractivity contribution in [1.29, 1.82) is 0 Å². The summed E-state index contributed by atoms with van der Waals surface area (Å²) in [6, 6.07) is 15.2. The van der Waals surface area contributed by atoms with Crippen LogP contribution in [0.1, 0.15) is 16.1 Å². The van der Waals surface area contributed by atoms with E-state index in [9.17, 15) is 18.0 Å². The summed E-state index contributed by atoms with van der Waals surface area (Å²) >= 11 is 0. The van der Waals surface area contributed by atoms with Crippen molar-refractivity contribution in [2.24, 2.45) is 0 Å². The molecule has 4 aromatic rings. The number of para-hydroxylation sites is 1. The summed E-state index contributed by atoms with van der Waals surface area (Å²) in [5.41, 5.74) is -0.238. The van der Waals surface area contributed by atoms with Gasteiger partial charge in [0.2, 0.25) is 0 Å². The van der Waals surface area contributed by atoms with Gasteiger partial charge in [-0.15, -0.1) is 0 Å². The molecule has 1 amide bonds. The number of amides is 1. The molecule has 2 aromatic carbocycles. The molecule has 2 N–H and O–H groups in total. The zero-order valence-electron chi connectivity index (χ0n) is 15.6. The highest BCUT2D eigenvalue weighted by molar-refractivity contribution is 7.92. The molecule has 0 bridgehead atoms. The standard InChI is InChI=1S/C20H15N3O6S/c1-12-10-18(22-29-12)23-30(26,27)15-8-6-14(7-9-15)21-19(24)16-11-13-4-2-3-5-17(13)28-20(16)25/h2-11H,1H3,(H,21,24)(H,22,23). The molecule has 0 aliphatic carbocycles. The summed E-state index contributed by atoms with van der Waals surface area (Å²) in [6.07, 6.45) is 0. The molecule has 0 aliphatic heterocycles. The van der Waals surface area contributed by atoms with Crippen LogP contribution in [0.2, 0.25) is 0 Å². The van der Waals surface area contributed by atoms with Gasteiger partial charge >= 0.3 is 5.63 Å². The van der Waals surface area contributed by atoms with Crippen molar-refractivity contribution >= 4 is 38.4 Å². The van der Waals surface area contributed by atoms with Crippen LogP contribution in [0.25, 0.3) is 11.0 Å². The molecular weight excluding hydrogens is 410 g/mol. The number of hydrogen-bond donors (Lipinski definition) is 2. The van der Waals surface area contributed by atoms with Gasteiger partial charge in [-0.2, -0.15) is 0 Å². The molecule has 2 aromatic heterocycles. The molecule has 2 heterocycles. The van der Waals surface area contributed by atoms with E-state index in [0.29, 0.717) is 22.4 Å². The average molecular weight is 425 g/mol. The van der Waals surface area contributed by atoms with Gasteiger partial charge in [-0.25, -0.2) is 13.2 Å². The molecular formula is C20H15N3O6S. The summed E-state index contributed by atoms with van der Waals surface area (Å²) in [7, 11) is -3.88. The molecule has 0 radical (unpaired) electrons. The number of hydrogen-bond acceptors (Lipinski definition) is 7. The Morgan fingerprint density at radius 1 is 1.03 bits per heavy atom. The Kier molecular flexibility index (Phi) is 4.84. The zero-order chi connectivity index (χ0) is 21.3. The summed E-state index contributed by atoms with van der Waals surface area (Å²) < 4.78 is 37.1. The highest BCUT2D eigenvalue weighted by atomic mass is 32.2. The zero-order valence-corrected chi connectivity index (χ0v) is 16.4. The molecule has 30 heavy (non-hydrogen) atoms. The normalized spacial score (nSPS) is 11.4. The van der Waals surface area contributed by atoms with Crippen LogP contribution in [0.15, 0.2) is 79.3 Å². The van der Waals surface area contributed by atoms with Crippen molar-refractivity contribution < 1.29 is 22.2 Å². The van der Waals surface area contributed by atoms with Crippen molar-refractivity contribution in [2.45, 2.75) is 11.8 Å². The Labute approximate surface area is 170 Å². The van der Waals surface area contributed by atoms with Gasteiger partial charge < -0.3 is 14.3 Å². The number of fused-ring (bicyclic) bond motifs is 1. The van der Waals surface area contributed by atoms with Crippen LogP contribution < -0.4 is 15.7 Å². The van der Waals surface area contributed by atoms with E-state index in [0.717, 1.165) is 0 Å². The molecule has 9 nitrogen and oxygen atoms in total. The van der Waals surface area contributed by atoms with Crippen LogP contribution in [0.5, 0.6) is 0 Å². The lowest BCUT2D eigenvalue weighted by atomic mass is 10.1. The quantitative estimate of drug-likeness (QED) is 0.470. The summed E-state index contributed by atoms with van der Waals surface area (Å²) in [5.74, 6) is -0.141. The second-order valence-corrected chi connectivity index (χ2v) is 8.07. The minimum atomic E-state index is -3.88. The summed E-state index contributed by atoms with van der Waals surface area (Å²) in [6.45, 7) is 1.64. The fraction of sp³-hybridized carbons (Fsp3) is 0.0500. The number of rotatable bonds is 5. The van der Waals surface area contributed by atoms with Crippen molar-refractivity contribution in [3.05, 3.63) is 82.4 Å². The van der Waals surface area contributed by atoms with E-state index in [4.69, 9.17) is 8.94 Å². The first kappa shape index (κ1) is 19.4. The third-order valence-corrected chi connectivity index (χ3v) is 5.55. The van der Waals surface area contributed by atoms with E-state index in [-0.39, 0.29) is 16.3 Å². The Balaban J connectivity index is 1.53. The second-order valence-electron chi connectivity index (χ2n) is 6.39. The largest absolute Gasteiger partial charge is 0.422 e. The van der Waals surface area contributed by atoms with E-state index in [2.05, 4.69) is 15.2 Å². The predicted molar refractivity (Wildman–Crippen MR) is 109 cm³/mol. The lowest BCUT2D eigenvalue weighted by Gasteiger charge is -2.08. The van der Waals surface area contributed by atoms with E-state index in [1.807, 2.05) is 0 Å². The van der Waals surface area contributed by atoms with Crippen LogP contribution >= 0.6 is 0 Å². The molecule has 4 rings (SSSR count). The number of aromatic nitrogens is 1. The third kappa shape index (κ3) is 3.94. The van der Waals surface area contributed by atoms with Gasteiger partial charge in [-0.3, -0.25) is 9.52 Å². The highest BCUT2D eigenvalue weighted by Gasteiger charge is 2.17. The molecule has 0 saturated carbocycles. The Bertz CT molecular complexity index is 1400. The van der Waals surface area contributed by atoms with Crippen molar-refractivity contribution in [3.8, 4) is 0 Å². The molecule has 152 valence electrons. The molecule has 0 aliphatic rings. The Morgan fingerprint density at radius 2 is 1.77 bits per heavy atom. The van der Waals surface area contributed by atoms with Gasteiger partial charge in [0, 0.05) is 17.1 Å². The molecule has 0 unspecified atom stereocenters. The molecule has 10 heteroatoms. The fourth-order valence-corrected chi connectivity index (χ4v) is 3.73. The van der Waals surface area contributed by atoms with E-state index >= 15 is 0 Å². The first-order valence-corrected chi connectivity index (χ1v) is 10.2. The molecule has 0 fully saturated rings. The van der Waals surface area contributed by atoms with Gasteiger partial charge in [0.15, 0.2) is 5.82 Å². The first-order valence-electron chi connectivity index (χ1n) is 8.72. The number of nitrogens with one attached hydrogen (secondary N) is 2. The number of aryl methyl sites for hydroxylation is 1. The number of carbonyl (C=O) groups is 1. The van der Waals surface area contributed by atoms with E-state index < -0.39 is 21.6 Å². The minimum absolute atomic E-state index is 0.0358. The summed E-state index contributed by atoms with van der Waals surface area (Å²) in [5, 5.41) is 6.75. The topological polar surface area (TPSA) is 132 Å². The molecule has 0 spiro atoms. The van der Waals surface area contributed by atoms with Crippen LogP contribution in [0.4, 0.5) is 11.5 Å². The number of benzene rings is 2. The molecule has 0 saturated heterocycles. The number of nitrogens with zero attached hydrogens (tertiary/aromatic N) is 1. The smallest absolute Gasteiger partial charge is 0.349 e. The van der Waals surface area contributed by atoms with Gasteiger partial charge in [-0.05, 0) is 43.3 Å². The first-order chi connectivity index (χ1) is 14.3. The SMILES string of the molecule is Cc1cc(NS(=O)(=O)c2ccc(NC(=O)c3cc4ccccc4oc3=O)cc2)no1. The monoisotopic (exact) mass is 425 g/mol. The van der Waals surface area contributed by atoms with Crippen LogP contribution in [0, 0.1) is 6.92 Å². The third-order valence-electron chi connectivity index (χ3n) is 4.18. The lowest BCUT2D eigenvalue weighted by molar-refractivity contribution is 0.102. The average Bonchev–Trinajstić information content (AvgIpc) is 3.11. The number of sulfonamides is 1. The van der Waals surface area contributed by atoms with Crippen LogP contribution in [0.3, 0.4) is 0 Å². The Hall–Kier alpha value is -3.92. The van der Waals surface area contributed by atoms with E-state index in [1.165, 1.54) is 36.4 Å². The number of anilines is 2. The van der Waals surface area contributed by atoms with Crippen molar-refractivity contribution in [2.75, 3.05) is 10.0 Å². The van der Waals surface area contributed by atoms with Crippen molar-refractivity contribution in [3.63, 3.8) is 0 Å². The molecule has 0 atom stereocenters. The lowest BCUT2D eigenvalue weighted by Crippen LogP contribution is -2.20. The Morgan fingerprint density at radius 3 is 2.47 bits per heavy atom. The maximum atomic E-state index is 12.5. The maximum Gasteiger partial charge on any atom is 0.349 e. The van der Waals surface area contributed by atoms with Crippen LogP contribution in [-0.2, 0) is 10.0 Å². The minimum Gasteiger partial charge on any atom is -0.422 e. The summed E-state index contributed by atoms with van der Waals surface area (Å²) in [4.78, 5) is 24.5. The fourth-order valence-electron chi connectivity index (χ4n) is 2.75. The van der Waals surface area contributed by atoms with E-state index in [1.54, 1.807) is 31.2 Å². The number of carbonyl (C=O) groups excluding carboxylic acids is 1. The van der Waals surface area contributed by atoms with Gasteiger partial charge in [0.25, 0.3) is 15.9 Å². The van der Waals surface area contributed by atoms with Crippen molar-refractivity contribution in [1.82, 2.24) is 5.16 Å². The van der Waals surface area contributed by atoms with Gasteiger partial charge in [0.05, 0.1) is 4.90 Å². The maximum absolute atomic E-state index is 12.5.